The summed E-state index contributed by atoms with van der Waals surface area (Å²) in [6.45, 7) is 5.06. The number of benzene rings is 1. The fraction of sp³-hybridized carbons (Fsp3) is 0.348. The van der Waals surface area contributed by atoms with Gasteiger partial charge < -0.3 is 26.2 Å². The summed E-state index contributed by atoms with van der Waals surface area (Å²) in [5, 5.41) is 14.1. The molecule has 0 saturated carbocycles. The molecule has 0 spiro atoms. The van der Waals surface area contributed by atoms with Crippen LogP contribution in [-0.2, 0) is 23.9 Å². The number of hydrogen-bond acceptors (Lipinski definition) is 7. The number of primary amides is 1. The lowest BCUT2D eigenvalue weighted by atomic mass is 10.0. The highest BCUT2D eigenvalue weighted by Gasteiger charge is 2.54. The molecule has 186 valence electrons. The van der Waals surface area contributed by atoms with E-state index >= 15 is 0 Å². The number of amides is 4. The van der Waals surface area contributed by atoms with E-state index < -0.39 is 52.8 Å². The molecule has 1 aromatic rings. The lowest BCUT2D eigenvalue weighted by Crippen LogP contribution is -2.71. The minimum absolute atomic E-state index is 0.185. The predicted octanol–water partition coefficient (Wildman–Crippen LogP) is 1.03. The lowest BCUT2D eigenvalue weighted by molar-refractivity contribution is -0.150. The van der Waals surface area contributed by atoms with Gasteiger partial charge >= 0.3 is 12.1 Å². The first kappa shape index (κ1) is 25.8. The van der Waals surface area contributed by atoms with Crippen LogP contribution < -0.4 is 16.4 Å². The van der Waals surface area contributed by atoms with Crippen LogP contribution in [0, 0.1) is 0 Å². The fourth-order valence-electron chi connectivity index (χ4n) is 3.56. The fourth-order valence-corrected chi connectivity index (χ4v) is 4.88. The van der Waals surface area contributed by atoms with Gasteiger partial charge in [0.05, 0.1) is 0 Å². The van der Waals surface area contributed by atoms with Crippen LogP contribution >= 0.6 is 11.8 Å². The van der Waals surface area contributed by atoms with E-state index in [1.165, 1.54) is 17.8 Å². The first-order chi connectivity index (χ1) is 16.4. The van der Waals surface area contributed by atoms with Crippen molar-refractivity contribution in [3.63, 3.8) is 0 Å². The van der Waals surface area contributed by atoms with Gasteiger partial charge in [0.1, 0.15) is 28.8 Å². The number of nitrogens with zero attached hydrogens (tertiary/aromatic N) is 1. The summed E-state index contributed by atoms with van der Waals surface area (Å²) < 4.78 is 5.26. The topological polar surface area (TPSA) is 168 Å². The zero-order chi connectivity index (χ0) is 25.9. The van der Waals surface area contributed by atoms with Crippen molar-refractivity contribution in [2.24, 2.45) is 5.73 Å². The quantitative estimate of drug-likeness (QED) is 0.317. The summed E-state index contributed by atoms with van der Waals surface area (Å²) in [7, 11) is 0. The molecule has 1 aromatic carbocycles. The number of carbonyl (C=O) groups is 5. The van der Waals surface area contributed by atoms with Crippen molar-refractivity contribution in [2.75, 3.05) is 5.75 Å². The number of β-lactam (4-membered cyclic amide) rings is 1. The Hall–Kier alpha value is -3.80. The number of fused-ring (bicyclic) bond motifs is 1. The summed E-state index contributed by atoms with van der Waals surface area (Å²) in [6, 6.07) is 6.29. The molecule has 2 unspecified atom stereocenters. The van der Waals surface area contributed by atoms with Crippen LogP contribution in [0.2, 0.25) is 0 Å². The third-order valence-corrected chi connectivity index (χ3v) is 6.31. The molecular weight excluding hydrogens is 476 g/mol. The Morgan fingerprint density at radius 2 is 1.89 bits per heavy atom. The molecule has 12 heteroatoms. The Morgan fingerprint density at radius 3 is 2.46 bits per heavy atom. The SMILES string of the molecule is CC(C)(C)OC(=O)NC(C(=O)NC1C(=O)N2C(C(=O)O)=C(C=CC(N)=O)CS[C@@H]12)c1ccccc1. The molecule has 11 nitrogen and oxygen atoms in total. The zero-order valence-electron chi connectivity index (χ0n) is 19.3. The van der Waals surface area contributed by atoms with Crippen molar-refractivity contribution >= 4 is 41.5 Å². The van der Waals surface area contributed by atoms with E-state index in [-0.39, 0.29) is 17.0 Å². The van der Waals surface area contributed by atoms with Crippen molar-refractivity contribution in [1.82, 2.24) is 15.5 Å². The van der Waals surface area contributed by atoms with Gasteiger partial charge in [0.15, 0.2) is 0 Å². The highest BCUT2D eigenvalue weighted by molar-refractivity contribution is 8.00. The average Bonchev–Trinajstić information content (AvgIpc) is 2.77. The Labute approximate surface area is 205 Å². The van der Waals surface area contributed by atoms with E-state index in [2.05, 4.69) is 10.6 Å². The molecule has 3 rings (SSSR count). The number of rotatable bonds is 7. The van der Waals surface area contributed by atoms with Gasteiger partial charge in [-0.15, -0.1) is 11.8 Å². The molecule has 0 bridgehead atoms. The van der Waals surface area contributed by atoms with Crippen molar-refractivity contribution in [3.8, 4) is 0 Å². The number of ether oxygens (including phenoxy) is 1. The molecule has 0 aliphatic carbocycles. The van der Waals surface area contributed by atoms with E-state index in [0.717, 1.165) is 11.0 Å². The van der Waals surface area contributed by atoms with Gasteiger partial charge in [-0.1, -0.05) is 36.4 Å². The maximum atomic E-state index is 13.2. The van der Waals surface area contributed by atoms with Crippen LogP contribution in [0.5, 0.6) is 0 Å². The molecule has 3 atom stereocenters. The molecule has 4 amide bonds. The molecule has 0 radical (unpaired) electrons. The van der Waals surface area contributed by atoms with Gasteiger partial charge in [0.2, 0.25) is 11.8 Å². The highest BCUT2D eigenvalue weighted by Crippen LogP contribution is 2.40. The molecule has 5 N–H and O–H groups in total. The van der Waals surface area contributed by atoms with Crippen molar-refractivity contribution in [3.05, 3.63) is 59.3 Å². The lowest BCUT2D eigenvalue weighted by Gasteiger charge is -2.49. The van der Waals surface area contributed by atoms with Crippen molar-refractivity contribution < 1.29 is 33.8 Å². The number of thioether (sulfide) groups is 1. The van der Waals surface area contributed by atoms with Gasteiger partial charge in [-0.05, 0) is 31.9 Å². The Bertz CT molecular complexity index is 1110. The second-order valence-corrected chi connectivity index (χ2v) is 9.91. The van der Waals surface area contributed by atoms with E-state index in [4.69, 9.17) is 10.5 Å². The third-order valence-electron chi connectivity index (χ3n) is 5.00. The third kappa shape index (κ3) is 6.01. The summed E-state index contributed by atoms with van der Waals surface area (Å²) >= 11 is 1.23. The monoisotopic (exact) mass is 502 g/mol. The summed E-state index contributed by atoms with van der Waals surface area (Å²) in [5.74, 6) is -3.18. The van der Waals surface area contributed by atoms with Gasteiger partial charge in [0.25, 0.3) is 5.91 Å². The first-order valence-corrected chi connectivity index (χ1v) is 11.7. The van der Waals surface area contributed by atoms with Crippen LogP contribution in [0.4, 0.5) is 4.79 Å². The molecule has 2 heterocycles. The van der Waals surface area contributed by atoms with E-state index in [0.29, 0.717) is 5.56 Å². The van der Waals surface area contributed by atoms with Crippen LogP contribution in [0.1, 0.15) is 32.4 Å². The number of carboxylic acid groups (broad SMARTS) is 1. The molecule has 35 heavy (non-hydrogen) atoms. The smallest absolute Gasteiger partial charge is 0.408 e. The number of alkyl carbamates (subject to hydrolysis) is 1. The Kier molecular flexibility index (Phi) is 7.54. The van der Waals surface area contributed by atoms with E-state index in [1.807, 2.05) is 0 Å². The van der Waals surface area contributed by atoms with Gasteiger partial charge in [-0.3, -0.25) is 19.3 Å². The van der Waals surface area contributed by atoms with Gasteiger partial charge in [0, 0.05) is 11.8 Å². The largest absolute Gasteiger partial charge is 0.477 e. The maximum Gasteiger partial charge on any atom is 0.408 e. The molecule has 1 fully saturated rings. The second-order valence-electron chi connectivity index (χ2n) is 8.80. The van der Waals surface area contributed by atoms with Crippen LogP contribution in [0.15, 0.2) is 53.8 Å². The minimum Gasteiger partial charge on any atom is -0.477 e. The molecular formula is C23H26N4O7S. The van der Waals surface area contributed by atoms with Crippen LogP contribution in [0.3, 0.4) is 0 Å². The van der Waals surface area contributed by atoms with E-state index in [9.17, 15) is 29.1 Å². The number of nitrogens with one attached hydrogen (secondary N) is 2. The summed E-state index contributed by atoms with van der Waals surface area (Å²) in [6.07, 6.45) is 1.48. The molecule has 2 aliphatic heterocycles. The van der Waals surface area contributed by atoms with Crippen LogP contribution in [-0.4, -0.2) is 62.6 Å². The number of carbonyl (C=O) groups excluding carboxylic acids is 4. The maximum absolute atomic E-state index is 13.2. The summed E-state index contributed by atoms with van der Waals surface area (Å²) in [4.78, 5) is 62.4. The minimum atomic E-state index is -1.34. The highest BCUT2D eigenvalue weighted by atomic mass is 32.2. The Balaban J connectivity index is 1.79. The van der Waals surface area contributed by atoms with Crippen molar-refractivity contribution in [1.29, 1.82) is 0 Å². The van der Waals surface area contributed by atoms with Crippen molar-refractivity contribution in [2.45, 2.75) is 43.8 Å². The number of nitrogens with two attached hydrogens (primary N) is 1. The molecule has 0 aromatic heterocycles. The predicted molar refractivity (Wildman–Crippen MR) is 127 cm³/mol. The average molecular weight is 503 g/mol. The van der Waals surface area contributed by atoms with Gasteiger partial charge in [-0.25, -0.2) is 9.59 Å². The van der Waals surface area contributed by atoms with E-state index in [1.54, 1.807) is 51.1 Å². The van der Waals surface area contributed by atoms with Gasteiger partial charge in [-0.2, -0.15) is 0 Å². The number of carboxylic acids is 1. The molecule has 2 aliphatic rings. The van der Waals surface area contributed by atoms with Crippen LogP contribution in [0.25, 0.3) is 0 Å². The normalized spacial score (nSPS) is 20.5. The number of allylic oxidation sites excluding steroid dienone is 1. The summed E-state index contributed by atoms with van der Waals surface area (Å²) in [5.41, 5.74) is 4.76. The number of aliphatic carboxylic acids is 1. The number of hydrogen-bond donors (Lipinski definition) is 4. The first-order valence-electron chi connectivity index (χ1n) is 10.6. The standard InChI is InChI=1S/C23H26N4O7S/c1-23(2,3)34-22(33)26-15(12-7-5-4-6-8-12)18(29)25-16-19(30)27-17(21(31)32)13(9-10-14(24)28)11-35-20(16)27/h4-10,15-16,20H,11H2,1-3H3,(H2,24,28)(H,25,29)(H,26,33)(H,31,32)/t15?,16?,20-/m0/s1. The molecule has 1 saturated heterocycles. The second kappa shape index (κ2) is 10.2. The zero-order valence-corrected chi connectivity index (χ0v) is 20.1. The Morgan fingerprint density at radius 1 is 1.23 bits per heavy atom.